The first-order valence-corrected chi connectivity index (χ1v) is 3.81. The van der Waals surface area contributed by atoms with Crippen LogP contribution in [0.5, 0.6) is 0 Å². The van der Waals surface area contributed by atoms with E-state index >= 15 is 0 Å². The van der Waals surface area contributed by atoms with Crippen LogP contribution in [0.1, 0.15) is 19.8 Å². The van der Waals surface area contributed by atoms with E-state index < -0.39 is 0 Å². The second-order valence-electron chi connectivity index (χ2n) is 1.74. The molecule has 0 heterocycles. The minimum atomic E-state index is 0.625. The Hall–Kier alpha value is -0.230. The first-order chi connectivity index (χ1) is 4.41. The molecule has 0 spiro atoms. The molecule has 1 heteroatoms. The van der Waals surface area contributed by atoms with Gasteiger partial charge < -0.3 is 0 Å². The summed E-state index contributed by atoms with van der Waals surface area (Å²) in [6.07, 6.45) is 10.5. The summed E-state index contributed by atoms with van der Waals surface area (Å²) in [6.45, 7) is 2.13. The summed E-state index contributed by atoms with van der Waals surface area (Å²) in [6, 6.07) is 0. The van der Waals surface area contributed by atoms with Crippen molar-refractivity contribution in [3.63, 3.8) is 0 Å². The van der Waals surface area contributed by atoms with Crippen molar-refractivity contribution in [2.45, 2.75) is 19.8 Å². The molecule has 0 radical (unpaired) electrons. The van der Waals surface area contributed by atoms with Crippen LogP contribution in [0.2, 0.25) is 0 Å². The van der Waals surface area contributed by atoms with Crippen molar-refractivity contribution in [3.05, 3.63) is 24.3 Å². The average Bonchev–Trinajstić information content (AvgIpc) is 1.89. The molecule has 0 atom stereocenters. The quantitative estimate of drug-likeness (QED) is 0.420. The van der Waals surface area contributed by atoms with Gasteiger partial charge in [0.25, 0.3) is 0 Å². The lowest BCUT2D eigenvalue weighted by Crippen LogP contribution is -1.61. The minimum Gasteiger partial charge on any atom is -0.122 e. The van der Waals surface area contributed by atoms with Crippen molar-refractivity contribution in [1.29, 1.82) is 0 Å². The van der Waals surface area contributed by atoms with Gasteiger partial charge in [0.1, 0.15) is 0 Å². The van der Waals surface area contributed by atoms with Gasteiger partial charge in [-0.05, 0) is 12.8 Å². The van der Waals surface area contributed by atoms with Crippen molar-refractivity contribution in [1.82, 2.24) is 0 Å². The van der Waals surface area contributed by atoms with Gasteiger partial charge in [-0.15, -0.1) is 11.6 Å². The zero-order valence-electron chi connectivity index (χ0n) is 5.81. The molecule has 0 saturated heterocycles. The predicted octanol–water partition coefficient (Wildman–Crippen LogP) is 3.14. The van der Waals surface area contributed by atoms with E-state index in [2.05, 4.69) is 25.2 Å². The summed E-state index contributed by atoms with van der Waals surface area (Å²) < 4.78 is 0. The molecule has 0 aromatic heterocycles. The van der Waals surface area contributed by atoms with Crippen molar-refractivity contribution in [3.8, 4) is 0 Å². The van der Waals surface area contributed by atoms with Crippen molar-refractivity contribution >= 4 is 11.6 Å². The van der Waals surface area contributed by atoms with E-state index in [-0.39, 0.29) is 0 Å². The summed E-state index contributed by atoms with van der Waals surface area (Å²) in [4.78, 5) is 0. The molecule has 0 saturated carbocycles. The van der Waals surface area contributed by atoms with Gasteiger partial charge >= 0.3 is 0 Å². The molecule has 52 valence electrons. The number of hydrogen-bond donors (Lipinski definition) is 0. The topological polar surface area (TPSA) is 0 Å². The highest BCUT2D eigenvalue weighted by Gasteiger charge is 1.68. The van der Waals surface area contributed by atoms with Crippen LogP contribution in [0.15, 0.2) is 24.3 Å². The third-order valence-electron chi connectivity index (χ3n) is 0.930. The molecular formula is C8H13Cl. The van der Waals surface area contributed by atoms with Gasteiger partial charge in [-0.25, -0.2) is 0 Å². The van der Waals surface area contributed by atoms with Gasteiger partial charge in [0.15, 0.2) is 0 Å². The molecule has 0 rings (SSSR count). The Morgan fingerprint density at radius 3 is 2.33 bits per heavy atom. The third-order valence-corrected chi connectivity index (χ3v) is 1.11. The van der Waals surface area contributed by atoms with Gasteiger partial charge in [0.2, 0.25) is 0 Å². The van der Waals surface area contributed by atoms with Gasteiger partial charge in [-0.3, -0.25) is 0 Å². The molecular weight excluding hydrogens is 132 g/mol. The molecule has 0 aliphatic rings. The molecule has 0 nitrogen and oxygen atoms in total. The van der Waals surface area contributed by atoms with E-state index in [1.54, 1.807) is 0 Å². The maximum Gasteiger partial charge on any atom is 0.0404 e. The van der Waals surface area contributed by atoms with Crippen molar-refractivity contribution < 1.29 is 0 Å². The predicted molar refractivity (Wildman–Crippen MR) is 43.9 cm³/mol. The standard InChI is InChI=1S/C8H13Cl/c1-2-3-4-5-6-7-8-9/h3-4,6-7H,2,5,8H2,1H3/b4-3-,7-6-. The number of halogens is 1. The zero-order chi connectivity index (χ0) is 6.95. The van der Waals surface area contributed by atoms with E-state index in [0.29, 0.717) is 5.88 Å². The van der Waals surface area contributed by atoms with Crippen molar-refractivity contribution in [2.75, 3.05) is 5.88 Å². The van der Waals surface area contributed by atoms with Crippen LogP contribution >= 0.6 is 11.6 Å². The van der Waals surface area contributed by atoms with Gasteiger partial charge in [-0.1, -0.05) is 31.2 Å². The Morgan fingerprint density at radius 1 is 1.11 bits per heavy atom. The van der Waals surface area contributed by atoms with Crippen LogP contribution in [-0.4, -0.2) is 5.88 Å². The fraction of sp³-hybridized carbons (Fsp3) is 0.500. The van der Waals surface area contributed by atoms with Gasteiger partial charge in [0.05, 0.1) is 0 Å². The van der Waals surface area contributed by atoms with Crippen LogP contribution in [0, 0.1) is 0 Å². The van der Waals surface area contributed by atoms with Crippen LogP contribution in [0.4, 0.5) is 0 Å². The smallest absolute Gasteiger partial charge is 0.0404 e. The average molecular weight is 145 g/mol. The summed E-state index contributed by atoms with van der Waals surface area (Å²) in [5, 5.41) is 0. The van der Waals surface area contributed by atoms with Crippen LogP contribution < -0.4 is 0 Å². The number of hydrogen-bond acceptors (Lipinski definition) is 0. The highest BCUT2D eigenvalue weighted by Crippen LogP contribution is 1.88. The Bertz CT molecular complexity index is 80.7. The lowest BCUT2D eigenvalue weighted by molar-refractivity contribution is 1.20. The Balaban J connectivity index is 3.08. The van der Waals surface area contributed by atoms with E-state index in [1.807, 2.05) is 6.08 Å². The van der Waals surface area contributed by atoms with E-state index in [9.17, 15) is 0 Å². The van der Waals surface area contributed by atoms with Gasteiger partial charge in [-0.2, -0.15) is 0 Å². The summed E-state index contributed by atoms with van der Waals surface area (Å²) in [5.41, 5.74) is 0. The summed E-state index contributed by atoms with van der Waals surface area (Å²) >= 11 is 5.40. The SMILES string of the molecule is CC/C=C\C/C=C\CCl. The van der Waals surface area contributed by atoms with E-state index in [0.717, 1.165) is 12.8 Å². The molecule has 9 heavy (non-hydrogen) atoms. The molecule has 0 amide bonds. The highest BCUT2D eigenvalue weighted by atomic mass is 35.5. The molecule has 0 fully saturated rings. The normalized spacial score (nSPS) is 11.8. The number of allylic oxidation sites excluding steroid dienone is 4. The third kappa shape index (κ3) is 7.77. The van der Waals surface area contributed by atoms with Crippen LogP contribution in [-0.2, 0) is 0 Å². The minimum absolute atomic E-state index is 0.625. The second kappa shape index (κ2) is 7.77. The van der Waals surface area contributed by atoms with Gasteiger partial charge in [0, 0.05) is 5.88 Å². The first-order valence-electron chi connectivity index (χ1n) is 3.27. The maximum atomic E-state index is 5.40. The Kier molecular flexibility index (Phi) is 7.57. The lowest BCUT2D eigenvalue weighted by Gasteiger charge is -1.79. The molecule has 0 N–H and O–H groups in total. The fourth-order valence-electron chi connectivity index (χ4n) is 0.501. The van der Waals surface area contributed by atoms with Crippen LogP contribution in [0.3, 0.4) is 0 Å². The molecule has 0 unspecified atom stereocenters. The molecule has 0 bridgehead atoms. The molecule has 0 aromatic carbocycles. The van der Waals surface area contributed by atoms with E-state index in [1.165, 1.54) is 0 Å². The van der Waals surface area contributed by atoms with Crippen molar-refractivity contribution in [2.24, 2.45) is 0 Å². The maximum absolute atomic E-state index is 5.40. The summed E-state index contributed by atoms with van der Waals surface area (Å²) in [5.74, 6) is 0.625. The molecule has 0 aromatic rings. The highest BCUT2D eigenvalue weighted by molar-refractivity contribution is 6.18. The number of rotatable bonds is 4. The summed E-state index contributed by atoms with van der Waals surface area (Å²) in [7, 11) is 0. The van der Waals surface area contributed by atoms with E-state index in [4.69, 9.17) is 11.6 Å². The Morgan fingerprint density at radius 2 is 1.78 bits per heavy atom. The lowest BCUT2D eigenvalue weighted by atomic mass is 10.3. The molecule has 0 aliphatic heterocycles. The van der Waals surface area contributed by atoms with Crippen LogP contribution in [0.25, 0.3) is 0 Å². The second-order valence-corrected chi connectivity index (χ2v) is 2.05. The monoisotopic (exact) mass is 144 g/mol. The largest absolute Gasteiger partial charge is 0.122 e. The molecule has 0 aliphatic carbocycles. The number of alkyl halides is 1. The first kappa shape index (κ1) is 8.77. The fourth-order valence-corrected chi connectivity index (χ4v) is 0.627. The Labute approximate surface area is 62.2 Å². The zero-order valence-corrected chi connectivity index (χ0v) is 6.56.